The second-order valence-electron chi connectivity index (χ2n) is 6.55. The van der Waals surface area contributed by atoms with Crippen molar-refractivity contribution >= 4 is 12.0 Å². The molecule has 0 aliphatic carbocycles. The second-order valence-corrected chi connectivity index (χ2v) is 6.55. The first-order chi connectivity index (χ1) is 9.56. The summed E-state index contributed by atoms with van der Waals surface area (Å²) in [5.41, 5.74) is -2.50. The van der Waals surface area contributed by atoms with Gasteiger partial charge in [-0.3, -0.25) is 4.79 Å². The average Bonchev–Trinajstić information content (AvgIpc) is 2.85. The molecule has 0 aromatic carbocycles. The third kappa shape index (κ3) is 3.85. The predicted octanol–water partition coefficient (Wildman–Crippen LogP) is 0.981. The van der Waals surface area contributed by atoms with Gasteiger partial charge in [0.05, 0.1) is 24.1 Å². The fraction of sp³-hybridized carbons (Fsp3) is 0.857. The lowest BCUT2D eigenvalue weighted by molar-refractivity contribution is -0.150. The Kier molecular flexibility index (Phi) is 5.22. The first-order valence-electron chi connectivity index (χ1n) is 6.99. The Hall–Kier alpha value is -1.34. The summed E-state index contributed by atoms with van der Waals surface area (Å²) in [4.78, 5) is 23.3. The van der Waals surface area contributed by atoms with Crippen LogP contribution in [0.25, 0.3) is 0 Å². The minimum atomic E-state index is -1.10. The van der Waals surface area contributed by atoms with Crippen molar-refractivity contribution in [3.63, 3.8) is 0 Å². The van der Waals surface area contributed by atoms with Crippen LogP contribution in [0, 0.1) is 5.41 Å². The zero-order valence-corrected chi connectivity index (χ0v) is 13.4. The quantitative estimate of drug-likeness (QED) is 0.679. The predicted molar refractivity (Wildman–Crippen MR) is 77.2 cm³/mol. The first-order valence-corrected chi connectivity index (χ1v) is 6.99. The van der Waals surface area contributed by atoms with E-state index >= 15 is 0 Å². The van der Waals surface area contributed by atoms with Crippen molar-refractivity contribution in [2.45, 2.75) is 45.3 Å². The van der Waals surface area contributed by atoms with Gasteiger partial charge in [0.1, 0.15) is 5.60 Å². The Bertz CT molecular complexity index is 400. The lowest BCUT2D eigenvalue weighted by Crippen LogP contribution is -2.60. The van der Waals surface area contributed by atoms with Crippen LogP contribution in [0.3, 0.4) is 0 Å². The molecule has 0 aromatic rings. The van der Waals surface area contributed by atoms with Crippen LogP contribution < -0.4 is 10.6 Å². The molecule has 0 spiro atoms. The Labute approximate surface area is 125 Å². The highest BCUT2D eigenvalue weighted by molar-refractivity contribution is 5.79. The van der Waals surface area contributed by atoms with Crippen molar-refractivity contribution in [3.05, 3.63) is 0 Å². The fourth-order valence-corrected chi connectivity index (χ4v) is 1.95. The number of methoxy groups -OCH3 is 1. The van der Waals surface area contributed by atoms with Gasteiger partial charge in [-0.05, 0) is 27.7 Å². The number of carboxylic acid groups (broad SMARTS) is 1. The summed E-state index contributed by atoms with van der Waals surface area (Å²) in [5.74, 6) is -0.967. The monoisotopic (exact) mass is 302 g/mol. The van der Waals surface area contributed by atoms with Crippen LogP contribution in [0.4, 0.5) is 4.79 Å². The van der Waals surface area contributed by atoms with E-state index in [2.05, 4.69) is 10.6 Å². The Morgan fingerprint density at radius 3 is 2.38 bits per heavy atom. The normalized spacial score (nSPS) is 22.9. The minimum Gasteiger partial charge on any atom is -0.481 e. The first kappa shape index (κ1) is 17.7. The number of carbonyl (C=O) groups is 2. The number of hydrogen-bond donors (Lipinski definition) is 3. The van der Waals surface area contributed by atoms with Crippen molar-refractivity contribution in [1.29, 1.82) is 0 Å². The SMILES string of the molecule is COC1(CNC(=O)NC(C)(C)C(C)(C)C(=O)O)CCOC1. The average molecular weight is 302 g/mol. The zero-order chi connectivity index (χ0) is 16.3. The molecule has 0 saturated carbocycles. The fourth-order valence-electron chi connectivity index (χ4n) is 1.95. The molecule has 1 aliphatic heterocycles. The summed E-state index contributed by atoms with van der Waals surface area (Å²) in [7, 11) is 1.59. The van der Waals surface area contributed by atoms with Gasteiger partial charge >= 0.3 is 12.0 Å². The number of amides is 2. The van der Waals surface area contributed by atoms with Crippen LogP contribution in [0.5, 0.6) is 0 Å². The molecule has 1 heterocycles. The molecule has 0 bridgehead atoms. The van der Waals surface area contributed by atoms with E-state index in [0.717, 1.165) is 0 Å². The van der Waals surface area contributed by atoms with Gasteiger partial charge in [-0.1, -0.05) is 0 Å². The largest absolute Gasteiger partial charge is 0.481 e. The number of ether oxygens (including phenoxy) is 2. The van der Waals surface area contributed by atoms with Gasteiger partial charge < -0.3 is 25.2 Å². The summed E-state index contributed by atoms with van der Waals surface area (Å²) in [6, 6.07) is -0.419. The molecule has 7 heteroatoms. The summed E-state index contributed by atoms with van der Waals surface area (Å²) >= 11 is 0. The van der Waals surface area contributed by atoms with Crippen molar-refractivity contribution in [3.8, 4) is 0 Å². The topological polar surface area (TPSA) is 96.9 Å². The number of urea groups is 1. The molecule has 21 heavy (non-hydrogen) atoms. The standard InChI is InChI=1S/C14H26N2O5/c1-12(2,10(17)18)13(3,4)16-11(19)15-8-14(20-5)6-7-21-9-14/h6-9H2,1-5H3,(H,17,18)(H2,15,16,19). The number of nitrogens with one attached hydrogen (secondary N) is 2. The Morgan fingerprint density at radius 2 is 1.95 bits per heavy atom. The Balaban J connectivity index is 2.59. The number of aliphatic carboxylic acids is 1. The number of carboxylic acids is 1. The van der Waals surface area contributed by atoms with Crippen LogP contribution in [-0.2, 0) is 14.3 Å². The molecule has 1 aliphatic rings. The van der Waals surface area contributed by atoms with E-state index in [4.69, 9.17) is 9.47 Å². The van der Waals surface area contributed by atoms with E-state index in [9.17, 15) is 14.7 Å². The lowest BCUT2D eigenvalue weighted by Gasteiger charge is -2.39. The molecule has 2 amide bonds. The smallest absolute Gasteiger partial charge is 0.315 e. The van der Waals surface area contributed by atoms with Crippen LogP contribution in [-0.4, -0.2) is 55.1 Å². The molecule has 3 N–H and O–H groups in total. The number of hydrogen-bond acceptors (Lipinski definition) is 4. The maximum Gasteiger partial charge on any atom is 0.315 e. The van der Waals surface area contributed by atoms with E-state index in [1.54, 1.807) is 34.8 Å². The molecule has 0 radical (unpaired) electrons. The maximum atomic E-state index is 12.0. The molecule has 7 nitrogen and oxygen atoms in total. The van der Waals surface area contributed by atoms with Crippen molar-refractivity contribution in [2.75, 3.05) is 26.9 Å². The Morgan fingerprint density at radius 1 is 1.33 bits per heavy atom. The van der Waals surface area contributed by atoms with Crippen LogP contribution >= 0.6 is 0 Å². The molecule has 1 rings (SSSR count). The van der Waals surface area contributed by atoms with Gasteiger partial charge in [0.25, 0.3) is 0 Å². The lowest BCUT2D eigenvalue weighted by atomic mass is 9.74. The summed E-state index contributed by atoms with van der Waals surface area (Å²) in [5, 5.41) is 14.7. The van der Waals surface area contributed by atoms with Gasteiger partial charge in [0.2, 0.25) is 0 Å². The van der Waals surface area contributed by atoms with Gasteiger partial charge in [-0.25, -0.2) is 4.79 Å². The maximum absolute atomic E-state index is 12.0. The van der Waals surface area contributed by atoms with Gasteiger partial charge in [-0.2, -0.15) is 0 Å². The molecule has 1 fully saturated rings. The summed E-state index contributed by atoms with van der Waals surface area (Å²) in [6.45, 7) is 7.90. The van der Waals surface area contributed by atoms with Gasteiger partial charge in [0, 0.05) is 20.1 Å². The van der Waals surface area contributed by atoms with E-state index in [-0.39, 0.29) is 0 Å². The van der Waals surface area contributed by atoms with Crippen molar-refractivity contribution < 1.29 is 24.2 Å². The van der Waals surface area contributed by atoms with E-state index in [1.807, 2.05) is 0 Å². The third-order valence-corrected chi connectivity index (χ3v) is 4.59. The van der Waals surface area contributed by atoms with Crippen molar-refractivity contribution in [2.24, 2.45) is 5.41 Å². The van der Waals surface area contributed by atoms with Crippen LogP contribution in [0.15, 0.2) is 0 Å². The second kappa shape index (κ2) is 6.19. The minimum absolute atomic E-state index is 0.318. The number of rotatable bonds is 6. The molecule has 0 aromatic heterocycles. The molecule has 1 saturated heterocycles. The van der Waals surface area contributed by atoms with Crippen LogP contribution in [0.2, 0.25) is 0 Å². The summed E-state index contributed by atoms with van der Waals surface area (Å²) < 4.78 is 10.7. The number of carbonyl (C=O) groups excluding carboxylic acids is 1. The van der Waals surface area contributed by atoms with Crippen molar-refractivity contribution in [1.82, 2.24) is 10.6 Å². The molecule has 122 valence electrons. The van der Waals surface area contributed by atoms with E-state index in [1.165, 1.54) is 0 Å². The highest BCUT2D eigenvalue weighted by Gasteiger charge is 2.44. The van der Waals surface area contributed by atoms with Gasteiger partial charge in [0.15, 0.2) is 0 Å². The molecule has 1 unspecified atom stereocenters. The molecular formula is C14H26N2O5. The van der Waals surface area contributed by atoms with Gasteiger partial charge in [-0.15, -0.1) is 0 Å². The molecule has 1 atom stereocenters. The van der Waals surface area contributed by atoms with Crippen LogP contribution in [0.1, 0.15) is 34.1 Å². The molecular weight excluding hydrogens is 276 g/mol. The summed E-state index contributed by atoms with van der Waals surface area (Å²) in [6.07, 6.45) is 0.716. The third-order valence-electron chi connectivity index (χ3n) is 4.59. The van der Waals surface area contributed by atoms with E-state index in [0.29, 0.717) is 26.2 Å². The zero-order valence-electron chi connectivity index (χ0n) is 13.4. The highest BCUT2D eigenvalue weighted by atomic mass is 16.5. The highest BCUT2D eigenvalue weighted by Crippen LogP contribution is 2.30. The van der Waals surface area contributed by atoms with E-state index < -0.39 is 28.6 Å².